The van der Waals surface area contributed by atoms with Crippen LogP contribution in [0.4, 0.5) is 0 Å². The average molecular weight is 411 g/mol. The summed E-state index contributed by atoms with van der Waals surface area (Å²) in [5.74, 6) is 1.45. The van der Waals surface area contributed by atoms with E-state index in [2.05, 4.69) is 9.97 Å². The number of aromatic nitrogens is 3. The second-order valence-electron chi connectivity index (χ2n) is 8.65. The fraction of sp³-hybridized carbons (Fsp3) is 0.545. The molecule has 2 fully saturated rings. The van der Waals surface area contributed by atoms with Gasteiger partial charge in [-0.2, -0.15) is 0 Å². The van der Waals surface area contributed by atoms with E-state index in [-0.39, 0.29) is 18.0 Å². The van der Waals surface area contributed by atoms with E-state index in [4.69, 9.17) is 0 Å². The van der Waals surface area contributed by atoms with Crippen molar-refractivity contribution >= 4 is 37.7 Å². The number of thiophene rings is 1. The Labute approximate surface area is 173 Å². The smallest absolute Gasteiger partial charge is 0.271 e. The van der Waals surface area contributed by atoms with Crippen LogP contribution in [0.5, 0.6) is 0 Å². The molecule has 0 bridgehead atoms. The Morgan fingerprint density at radius 2 is 2.00 bits per heavy atom. The van der Waals surface area contributed by atoms with Gasteiger partial charge < -0.3 is 4.90 Å². The first kappa shape index (κ1) is 18.7. The molecule has 0 radical (unpaired) electrons. The van der Waals surface area contributed by atoms with Crippen LogP contribution in [0.3, 0.4) is 0 Å². The lowest BCUT2D eigenvalue weighted by atomic mass is 9.75. The van der Waals surface area contributed by atoms with Gasteiger partial charge in [-0.05, 0) is 50.2 Å². The number of carbonyl (C=O) groups is 1. The molecule has 0 spiro atoms. The first-order valence-corrected chi connectivity index (χ1v) is 11.4. The Balaban J connectivity index is 1.42. The Kier molecular flexibility index (Phi) is 4.65. The molecular weight excluding hydrogens is 384 g/mol. The summed E-state index contributed by atoms with van der Waals surface area (Å²) in [5, 5.41) is 0.950. The molecule has 2 aliphatic rings. The normalized spacial score (nSPS) is 22.2. The molecule has 6 nitrogen and oxygen atoms in total. The Hall–Kier alpha value is -2.28. The van der Waals surface area contributed by atoms with Gasteiger partial charge >= 0.3 is 0 Å². The first-order chi connectivity index (χ1) is 14.0. The Morgan fingerprint density at radius 1 is 1.21 bits per heavy atom. The van der Waals surface area contributed by atoms with Gasteiger partial charge in [0.15, 0.2) is 0 Å². The van der Waals surface area contributed by atoms with E-state index in [1.54, 1.807) is 0 Å². The Bertz CT molecular complexity index is 1170. The number of piperidine rings is 1. The van der Waals surface area contributed by atoms with Crippen molar-refractivity contribution in [2.45, 2.75) is 52.5 Å². The number of amides is 1. The third kappa shape index (κ3) is 3.25. The number of hydrogen-bond donors (Lipinski definition) is 0. The van der Waals surface area contributed by atoms with Crippen LogP contribution in [-0.4, -0.2) is 38.4 Å². The molecule has 5 rings (SSSR count). The van der Waals surface area contributed by atoms with Crippen molar-refractivity contribution < 1.29 is 4.79 Å². The van der Waals surface area contributed by atoms with Gasteiger partial charge in [-0.1, -0.05) is 19.3 Å². The lowest BCUT2D eigenvalue weighted by Gasteiger charge is -2.41. The molecule has 2 atom stereocenters. The number of rotatable bonds is 2. The van der Waals surface area contributed by atoms with Crippen LogP contribution in [0, 0.1) is 25.7 Å². The average Bonchev–Trinajstić information content (AvgIpc) is 3.09. The minimum absolute atomic E-state index is 0.0311. The van der Waals surface area contributed by atoms with E-state index in [1.807, 2.05) is 24.8 Å². The van der Waals surface area contributed by atoms with Crippen molar-refractivity contribution in [3.63, 3.8) is 0 Å². The molecule has 1 saturated heterocycles. The largest absolute Gasteiger partial charge is 0.341 e. The zero-order valence-corrected chi connectivity index (χ0v) is 17.8. The molecule has 3 aromatic rings. The van der Waals surface area contributed by atoms with Crippen molar-refractivity contribution in [1.29, 1.82) is 0 Å². The number of fused-ring (bicyclic) bond motifs is 4. The minimum atomic E-state index is -0.143. The predicted octanol–water partition coefficient (Wildman–Crippen LogP) is 3.66. The summed E-state index contributed by atoms with van der Waals surface area (Å²) in [7, 11) is 0. The highest BCUT2D eigenvalue weighted by Gasteiger charge is 2.33. The van der Waals surface area contributed by atoms with Crippen LogP contribution >= 0.6 is 11.3 Å². The summed E-state index contributed by atoms with van der Waals surface area (Å²) in [6, 6.07) is 2.01. The number of pyridine rings is 1. The molecule has 0 N–H and O–H groups in total. The van der Waals surface area contributed by atoms with Crippen molar-refractivity contribution in [1.82, 2.24) is 19.4 Å². The van der Waals surface area contributed by atoms with Crippen molar-refractivity contribution in [3.8, 4) is 0 Å². The third-order valence-electron chi connectivity index (χ3n) is 6.69. The quantitative estimate of drug-likeness (QED) is 0.647. The Morgan fingerprint density at radius 3 is 2.83 bits per heavy atom. The topological polar surface area (TPSA) is 68.1 Å². The van der Waals surface area contributed by atoms with Gasteiger partial charge in [0.25, 0.3) is 5.56 Å². The van der Waals surface area contributed by atoms with E-state index in [0.29, 0.717) is 16.1 Å². The molecule has 0 unspecified atom stereocenters. The lowest BCUT2D eigenvalue weighted by molar-refractivity contribution is -0.135. The van der Waals surface area contributed by atoms with Gasteiger partial charge in [0.1, 0.15) is 16.1 Å². The predicted molar refractivity (Wildman–Crippen MR) is 115 cm³/mol. The van der Waals surface area contributed by atoms with Crippen molar-refractivity contribution in [2.24, 2.45) is 11.8 Å². The highest BCUT2D eigenvalue weighted by molar-refractivity contribution is 7.25. The summed E-state index contributed by atoms with van der Waals surface area (Å²) in [6.07, 6.45) is 7.78. The molecule has 29 heavy (non-hydrogen) atoms. The minimum Gasteiger partial charge on any atom is -0.341 e. The molecule has 1 aliphatic heterocycles. The van der Waals surface area contributed by atoms with E-state index in [1.165, 1.54) is 47.9 Å². The first-order valence-electron chi connectivity index (χ1n) is 10.5. The summed E-state index contributed by atoms with van der Waals surface area (Å²) >= 11 is 1.38. The zero-order valence-electron chi connectivity index (χ0n) is 17.0. The molecule has 1 amide bonds. The van der Waals surface area contributed by atoms with Crippen molar-refractivity contribution in [3.05, 3.63) is 34.0 Å². The van der Waals surface area contributed by atoms with Crippen LogP contribution in [0.15, 0.2) is 17.2 Å². The van der Waals surface area contributed by atoms with Crippen LogP contribution in [-0.2, 0) is 11.3 Å². The fourth-order valence-electron chi connectivity index (χ4n) is 5.19. The number of hydrogen-bond acceptors (Lipinski definition) is 5. The maximum absolute atomic E-state index is 13.1. The van der Waals surface area contributed by atoms with Gasteiger partial charge in [0.05, 0.1) is 11.8 Å². The van der Waals surface area contributed by atoms with E-state index >= 15 is 0 Å². The summed E-state index contributed by atoms with van der Waals surface area (Å²) < 4.78 is 2.05. The summed E-state index contributed by atoms with van der Waals surface area (Å²) in [5.41, 5.74) is 2.57. The molecule has 7 heteroatoms. The SMILES string of the molecule is Cc1cc(C)c2c(n1)sc1c(=O)n(CC(=O)N3CC[C@@H]4CCCC[C@H]4C3)cnc12. The number of aryl methyl sites for hydroxylation is 2. The van der Waals surface area contributed by atoms with E-state index in [9.17, 15) is 9.59 Å². The molecule has 152 valence electrons. The van der Waals surface area contributed by atoms with Gasteiger partial charge in [-0.25, -0.2) is 9.97 Å². The molecule has 1 saturated carbocycles. The lowest BCUT2D eigenvalue weighted by Crippen LogP contribution is -2.46. The summed E-state index contributed by atoms with van der Waals surface area (Å²) in [4.78, 5) is 37.9. The molecule has 4 heterocycles. The number of nitrogens with zero attached hydrogens (tertiary/aromatic N) is 4. The van der Waals surface area contributed by atoms with Gasteiger partial charge in [0, 0.05) is 24.2 Å². The third-order valence-corrected chi connectivity index (χ3v) is 7.75. The number of likely N-dealkylation sites (tertiary alicyclic amines) is 1. The van der Waals surface area contributed by atoms with Gasteiger partial charge in [-0.15, -0.1) is 11.3 Å². The maximum atomic E-state index is 13.1. The van der Waals surface area contributed by atoms with E-state index < -0.39 is 0 Å². The maximum Gasteiger partial charge on any atom is 0.271 e. The van der Waals surface area contributed by atoms with E-state index in [0.717, 1.165) is 46.9 Å². The highest BCUT2D eigenvalue weighted by atomic mass is 32.1. The molecule has 1 aliphatic carbocycles. The van der Waals surface area contributed by atoms with Crippen LogP contribution in [0.1, 0.15) is 43.4 Å². The van der Waals surface area contributed by atoms with Crippen LogP contribution in [0.2, 0.25) is 0 Å². The standard InChI is InChI=1S/C22H26N4O2S/c1-13-9-14(2)24-21-18(13)19-20(29-21)22(28)26(12-23-19)11-17(27)25-8-7-15-5-3-4-6-16(15)10-25/h9,12,15-16H,3-8,10-11H2,1-2H3/t15-,16-/m0/s1. The zero-order chi connectivity index (χ0) is 20.1. The fourth-order valence-corrected chi connectivity index (χ4v) is 6.39. The van der Waals surface area contributed by atoms with Crippen molar-refractivity contribution in [2.75, 3.05) is 13.1 Å². The van der Waals surface area contributed by atoms with Gasteiger partial charge in [0.2, 0.25) is 5.91 Å². The second kappa shape index (κ2) is 7.20. The molecular formula is C22H26N4O2S. The molecule has 3 aromatic heterocycles. The summed E-state index contributed by atoms with van der Waals surface area (Å²) in [6.45, 7) is 5.71. The molecule has 0 aromatic carbocycles. The highest BCUT2D eigenvalue weighted by Crippen LogP contribution is 2.36. The monoisotopic (exact) mass is 410 g/mol. The van der Waals surface area contributed by atoms with Crippen LogP contribution < -0.4 is 5.56 Å². The van der Waals surface area contributed by atoms with Gasteiger partial charge in [-0.3, -0.25) is 14.2 Å². The second-order valence-corrected chi connectivity index (χ2v) is 9.65. The van der Waals surface area contributed by atoms with Crippen LogP contribution in [0.25, 0.3) is 20.4 Å². The number of carbonyl (C=O) groups excluding carboxylic acids is 1.